The Morgan fingerprint density at radius 2 is 1.85 bits per heavy atom. The maximum absolute atomic E-state index is 12.8. The fourth-order valence-corrected chi connectivity index (χ4v) is 4.98. The summed E-state index contributed by atoms with van der Waals surface area (Å²) in [7, 11) is 0. The highest BCUT2D eigenvalue weighted by Crippen LogP contribution is 2.43. The van der Waals surface area contributed by atoms with Gasteiger partial charge in [0.2, 0.25) is 23.2 Å². The number of benzene rings is 2. The Hall–Kier alpha value is -2.58. The standard InChI is InChI=1S/C25H28N4O2S2/c1-4-5-6-9-16-33-25-26-23-22(27-28-25)20-10-7-8-11-21(20)29(17(2)30)24(31-23)18-12-14-19(32-3)15-13-18/h7-8,10-15,24H,4-6,9,16H2,1-3H3. The molecule has 2 aromatic carbocycles. The van der Waals surface area contributed by atoms with Gasteiger partial charge in [0, 0.05) is 28.7 Å². The predicted molar refractivity (Wildman–Crippen MR) is 135 cm³/mol. The lowest BCUT2D eigenvalue weighted by Crippen LogP contribution is -2.36. The smallest absolute Gasteiger partial charge is 0.247 e. The van der Waals surface area contributed by atoms with Gasteiger partial charge in [0.05, 0.1) is 5.69 Å². The first-order valence-corrected chi connectivity index (χ1v) is 13.4. The molecule has 0 radical (unpaired) electrons. The van der Waals surface area contributed by atoms with Gasteiger partial charge in [0.15, 0.2) is 5.69 Å². The second kappa shape index (κ2) is 11.0. The molecule has 0 spiro atoms. The van der Waals surface area contributed by atoms with Gasteiger partial charge in [0.25, 0.3) is 0 Å². The van der Waals surface area contributed by atoms with Gasteiger partial charge in [-0.15, -0.1) is 22.0 Å². The lowest BCUT2D eigenvalue weighted by atomic mass is 10.1. The molecule has 1 aliphatic heterocycles. The molecule has 1 atom stereocenters. The highest BCUT2D eigenvalue weighted by atomic mass is 32.2. The van der Waals surface area contributed by atoms with Crippen LogP contribution in [0.3, 0.4) is 0 Å². The fraction of sp³-hybridized carbons (Fsp3) is 0.360. The van der Waals surface area contributed by atoms with E-state index in [1.54, 1.807) is 35.3 Å². The minimum absolute atomic E-state index is 0.118. The first-order chi connectivity index (χ1) is 16.1. The van der Waals surface area contributed by atoms with Crippen LogP contribution in [0.1, 0.15) is 51.3 Å². The third-order valence-corrected chi connectivity index (χ3v) is 7.15. The largest absolute Gasteiger partial charge is 0.447 e. The Kier molecular flexibility index (Phi) is 7.88. The van der Waals surface area contributed by atoms with Crippen LogP contribution in [0.5, 0.6) is 5.88 Å². The first kappa shape index (κ1) is 23.6. The molecule has 0 saturated carbocycles. The molecule has 0 fully saturated rings. The Balaban J connectivity index is 1.73. The van der Waals surface area contributed by atoms with Crippen LogP contribution >= 0.6 is 23.5 Å². The number of fused-ring (bicyclic) bond motifs is 3. The Morgan fingerprint density at radius 1 is 1.06 bits per heavy atom. The molecule has 33 heavy (non-hydrogen) atoms. The summed E-state index contributed by atoms with van der Waals surface area (Å²) in [6.45, 7) is 3.76. The molecule has 172 valence electrons. The van der Waals surface area contributed by atoms with Crippen molar-refractivity contribution in [3.8, 4) is 17.1 Å². The summed E-state index contributed by atoms with van der Waals surface area (Å²) in [5, 5.41) is 9.43. The molecule has 1 aromatic heterocycles. The Bertz CT molecular complexity index is 1110. The van der Waals surface area contributed by atoms with Crippen molar-refractivity contribution in [3.05, 3.63) is 54.1 Å². The van der Waals surface area contributed by atoms with E-state index in [-0.39, 0.29) is 5.91 Å². The van der Waals surface area contributed by atoms with E-state index in [1.807, 2.05) is 54.8 Å². The van der Waals surface area contributed by atoms with Crippen molar-refractivity contribution in [2.45, 2.75) is 55.8 Å². The predicted octanol–water partition coefficient (Wildman–Crippen LogP) is 6.38. The molecule has 0 bridgehead atoms. The average Bonchev–Trinajstić information content (AvgIpc) is 2.98. The number of thioether (sulfide) groups is 2. The quantitative estimate of drug-likeness (QED) is 0.274. The van der Waals surface area contributed by atoms with Crippen LogP contribution in [0, 0.1) is 0 Å². The molecule has 0 saturated heterocycles. The fourth-order valence-electron chi connectivity index (χ4n) is 3.79. The summed E-state index contributed by atoms with van der Waals surface area (Å²) in [6.07, 6.45) is 6.15. The summed E-state index contributed by atoms with van der Waals surface area (Å²) in [5.41, 5.74) is 2.94. The summed E-state index contributed by atoms with van der Waals surface area (Å²) in [6, 6.07) is 15.7. The molecule has 8 heteroatoms. The van der Waals surface area contributed by atoms with Crippen LogP contribution in [0.25, 0.3) is 11.3 Å². The number of anilines is 1. The molecule has 0 aliphatic carbocycles. The maximum Gasteiger partial charge on any atom is 0.247 e. The van der Waals surface area contributed by atoms with E-state index in [2.05, 4.69) is 17.1 Å². The molecule has 4 rings (SSSR count). The van der Waals surface area contributed by atoms with E-state index in [1.165, 1.54) is 19.3 Å². The third-order valence-electron chi connectivity index (χ3n) is 5.48. The zero-order valence-corrected chi connectivity index (χ0v) is 20.8. The first-order valence-electron chi connectivity index (χ1n) is 11.2. The van der Waals surface area contributed by atoms with Crippen LogP contribution in [0.15, 0.2) is 58.6 Å². The molecule has 1 unspecified atom stereocenters. The number of aromatic nitrogens is 3. The topological polar surface area (TPSA) is 68.2 Å². The minimum atomic E-state index is -0.653. The number of carbonyl (C=O) groups is 1. The van der Waals surface area contributed by atoms with Crippen LogP contribution in [-0.2, 0) is 4.79 Å². The number of unbranched alkanes of at least 4 members (excludes halogenated alkanes) is 3. The van der Waals surface area contributed by atoms with Gasteiger partial charge in [-0.05, 0) is 30.9 Å². The molecule has 3 aromatic rings. The Morgan fingerprint density at radius 3 is 2.58 bits per heavy atom. The minimum Gasteiger partial charge on any atom is -0.447 e. The van der Waals surface area contributed by atoms with Gasteiger partial charge in [-0.2, -0.15) is 4.98 Å². The van der Waals surface area contributed by atoms with Gasteiger partial charge in [0.1, 0.15) is 0 Å². The third kappa shape index (κ3) is 5.33. The molecule has 6 nitrogen and oxygen atoms in total. The molecule has 1 amide bonds. The van der Waals surface area contributed by atoms with E-state index in [0.717, 1.165) is 33.9 Å². The molecular weight excluding hydrogens is 452 g/mol. The number of amides is 1. The van der Waals surface area contributed by atoms with Gasteiger partial charge in [-0.3, -0.25) is 9.69 Å². The SMILES string of the molecule is CCCCCCSc1nnc2c(n1)OC(c1ccc(SC)cc1)N(C(C)=O)c1ccccc1-2. The lowest BCUT2D eigenvalue weighted by molar-refractivity contribution is -0.118. The van der Waals surface area contributed by atoms with E-state index < -0.39 is 6.23 Å². The van der Waals surface area contributed by atoms with E-state index in [0.29, 0.717) is 16.7 Å². The van der Waals surface area contributed by atoms with Crippen molar-refractivity contribution >= 4 is 35.1 Å². The number of carbonyl (C=O) groups excluding carboxylic acids is 1. The van der Waals surface area contributed by atoms with Crippen LogP contribution in [-0.4, -0.2) is 33.1 Å². The molecule has 2 heterocycles. The number of hydrogen-bond acceptors (Lipinski definition) is 7. The van der Waals surface area contributed by atoms with Gasteiger partial charge < -0.3 is 4.74 Å². The molecule has 0 N–H and O–H groups in total. The monoisotopic (exact) mass is 480 g/mol. The normalized spacial score (nSPS) is 14.8. The zero-order valence-electron chi connectivity index (χ0n) is 19.2. The highest BCUT2D eigenvalue weighted by Gasteiger charge is 2.34. The molecule has 1 aliphatic rings. The number of hydrogen-bond donors (Lipinski definition) is 0. The number of rotatable bonds is 8. The van der Waals surface area contributed by atoms with Crippen molar-refractivity contribution in [2.75, 3.05) is 16.9 Å². The second-order valence-electron chi connectivity index (χ2n) is 7.81. The Labute approximate surface area is 203 Å². The van der Waals surface area contributed by atoms with Crippen molar-refractivity contribution < 1.29 is 9.53 Å². The number of para-hydroxylation sites is 1. The van der Waals surface area contributed by atoms with E-state index in [4.69, 9.17) is 9.72 Å². The summed E-state index contributed by atoms with van der Waals surface area (Å²) in [4.78, 5) is 20.4. The maximum atomic E-state index is 12.8. The number of ether oxygens (including phenoxy) is 1. The van der Waals surface area contributed by atoms with E-state index in [9.17, 15) is 4.79 Å². The highest BCUT2D eigenvalue weighted by molar-refractivity contribution is 7.99. The van der Waals surface area contributed by atoms with Crippen LogP contribution in [0.2, 0.25) is 0 Å². The van der Waals surface area contributed by atoms with Crippen molar-refractivity contribution in [2.24, 2.45) is 0 Å². The van der Waals surface area contributed by atoms with Gasteiger partial charge >= 0.3 is 0 Å². The van der Waals surface area contributed by atoms with Gasteiger partial charge in [-0.1, -0.05) is 68.3 Å². The lowest BCUT2D eigenvalue weighted by Gasteiger charge is -2.30. The zero-order chi connectivity index (χ0) is 23.2. The summed E-state index contributed by atoms with van der Waals surface area (Å²) in [5.74, 6) is 1.22. The van der Waals surface area contributed by atoms with Crippen molar-refractivity contribution in [3.63, 3.8) is 0 Å². The second-order valence-corrected chi connectivity index (χ2v) is 9.75. The van der Waals surface area contributed by atoms with Crippen LogP contribution in [0.4, 0.5) is 5.69 Å². The van der Waals surface area contributed by atoms with Crippen LogP contribution < -0.4 is 9.64 Å². The van der Waals surface area contributed by atoms with Gasteiger partial charge in [-0.25, -0.2) is 0 Å². The summed E-state index contributed by atoms with van der Waals surface area (Å²) >= 11 is 3.26. The average molecular weight is 481 g/mol. The molecular formula is C25H28N4O2S2. The van der Waals surface area contributed by atoms with E-state index >= 15 is 0 Å². The van der Waals surface area contributed by atoms with Crippen molar-refractivity contribution in [1.29, 1.82) is 0 Å². The van der Waals surface area contributed by atoms with Crippen molar-refractivity contribution in [1.82, 2.24) is 15.2 Å². The number of nitrogens with zero attached hydrogens (tertiary/aromatic N) is 4. The summed E-state index contributed by atoms with van der Waals surface area (Å²) < 4.78 is 6.43.